The summed E-state index contributed by atoms with van der Waals surface area (Å²) in [5.41, 5.74) is 2.13. The van der Waals surface area contributed by atoms with Crippen molar-refractivity contribution < 1.29 is 14.7 Å². The van der Waals surface area contributed by atoms with E-state index in [4.69, 9.17) is 5.11 Å². The second-order valence-electron chi connectivity index (χ2n) is 6.22. The molecule has 1 aromatic carbocycles. The van der Waals surface area contributed by atoms with Crippen molar-refractivity contribution in [2.45, 2.75) is 19.3 Å². The molecule has 6 nitrogen and oxygen atoms in total. The van der Waals surface area contributed by atoms with Crippen LogP contribution in [0.2, 0.25) is 0 Å². The Morgan fingerprint density at radius 3 is 2.64 bits per heavy atom. The van der Waals surface area contributed by atoms with Crippen molar-refractivity contribution in [1.29, 1.82) is 0 Å². The number of hydrogen-bond acceptors (Lipinski definition) is 4. The Bertz CT molecular complexity index is 746. The minimum atomic E-state index is -0.693. The van der Waals surface area contributed by atoms with Gasteiger partial charge in [-0.2, -0.15) is 8.73 Å². The molecule has 2 aliphatic heterocycles. The van der Waals surface area contributed by atoms with E-state index in [1.165, 1.54) is 0 Å². The van der Waals surface area contributed by atoms with Gasteiger partial charge in [-0.15, -0.1) is 0 Å². The van der Waals surface area contributed by atoms with Crippen LogP contribution in [-0.2, 0) is 16.1 Å². The van der Waals surface area contributed by atoms with E-state index in [1.54, 1.807) is 12.1 Å². The van der Waals surface area contributed by atoms with E-state index in [1.807, 2.05) is 11.0 Å². The van der Waals surface area contributed by atoms with E-state index in [0.717, 1.165) is 42.0 Å². The number of amides is 1. The van der Waals surface area contributed by atoms with Gasteiger partial charge in [0.15, 0.2) is 0 Å². The lowest BCUT2D eigenvalue weighted by molar-refractivity contribution is -0.139. The third-order valence-electron chi connectivity index (χ3n) is 5.03. The summed E-state index contributed by atoms with van der Waals surface area (Å²) in [7, 11) is 0. The van der Waals surface area contributed by atoms with E-state index in [0.29, 0.717) is 18.7 Å². The molecule has 114 valence electrons. The van der Waals surface area contributed by atoms with Gasteiger partial charge in [-0.3, -0.25) is 9.59 Å². The minimum Gasteiger partial charge on any atom is -0.481 e. The molecule has 1 saturated carbocycles. The lowest BCUT2D eigenvalue weighted by atomic mass is 9.90. The average Bonchev–Trinajstić information content (AvgIpc) is 3.03. The molecule has 1 spiro atoms. The van der Waals surface area contributed by atoms with E-state index < -0.39 is 5.97 Å². The fourth-order valence-corrected chi connectivity index (χ4v) is 4.02. The van der Waals surface area contributed by atoms with Crippen molar-refractivity contribution >= 4 is 34.6 Å². The molecule has 1 amide bonds. The van der Waals surface area contributed by atoms with Crippen molar-refractivity contribution in [1.82, 2.24) is 4.90 Å². The van der Waals surface area contributed by atoms with Crippen molar-refractivity contribution in [3.05, 3.63) is 23.8 Å². The summed E-state index contributed by atoms with van der Waals surface area (Å²) in [5, 5.41) is 9.11. The van der Waals surface area contributed by atoms with Gasteiger partial charge in [0.05, 0.1) is 17.3 Å². The van der Waals surface area contributed by atoms with Crippen molar-refractivity contribution in [2.75, 3.05) is 13.1 Å². The molecule has 1 aliphatic carbocycles. The summed E-state index contributed by atoms with van der Waals surface area (Å²) < 4.78 is 8.30. The Morgan fingerprint density at radius 2 is 1.95 bits per heavy atom. The van der Waals surface area contributed by atoms with Crippen LogP contribution in [0.4, 0.5) is 11.4 Å². The Hall–Kier alpha value is -2.02. The third kappa shape index (κ3) is 2.08. The fraction of sp³-hybridized carbons (Fsp3) is 0.467. The number of rotatable bonds is 2. The lowest BCUT2D eigenvalue weighted by Crippen LogP contribution is -2.39. The van der Waals surface area contributed by atoms with Crippen molar-refractivity contribution in [3.8, 4) is 0 Å². The summed E-state index contributed by atoms with van der Waals surface area (Å²) in [4.78, 5) is 25.5. The van der Waals surface area contributed by atoms with E-state index >= 15 is 0 Å². The Morgan fingerprint density at radius 1 is 1.23 bits per heavy atom. The first kappa shape index (κ1) is 13.6. The third-order valence-corrected chi connectivity index (χ3v) is 5.59. The molecule has 2 fully saturated rings. The maximum absolute atomic E-state index is 12.6. The molecular formula is C15H15N3O3S. The van der Waals surface area contributed by atoms with Gasteiger partial charge in [-0.05, 0) is 42.9 Å². The second-order valence-corrected chi connectivity index (χ2v) is 6.75. The van der Waals surface area contributed by atoms with Crippen LogP contribution in [0.15, 0.2) is 26.9 Å². The number of carboxylic acids is 1. The molecule has 22 heavy (non-hydrogen) atoms. The lowest BCUT2D eigenvalue weighted by Gasteiger charge is -2.32. The molecule has 0 bridgehead atoms. The number of carbonyl (C=O) groups is 2. The zero-order chi connectivity index (χ0) is 15.3. The number of fused-ring (bicyclic) bond motifs is 1. The Kier molecular flexibility index (Phi) is 2.94. The predicted octanol–water partition coefficient (Wildman–Crippen LogP) is 2.74. The van der Waals surface area contributed by atoms with Crippen LogP contribution in [0.25, 0.3) is 0 Å². The fourth-order valence-electron chi connectivity index (χ4n) is 3.50. The number of carboxylic acid groups (broad SMARTS) is 1. The molecule has 0 radical (unpaired) electrons. The second kappa shape index (κ2) is 4.74. The zero-order valence-electron chi connectivity index (χ0n) is 11.9. The number of hydrogen-bond donors (Lipinski definition) is 1. The van der Waals surface area contributed by atoms with E-state index in [-0.39, 0.29) is 17.2 Å². The quantitative estimate of drug-likeness (QED) is 0.924. The summed E-state index contributed by atoms with van der Waals surface area (Å²) in [6, 6.07) is 5.38. The van der Waals surface area contributed by atoms with Crippen LogP contribution in [0.5, 0.6) is 0 Å². The molecule has 4 rings (SSSR count). The van der Waals surface area contributed by atoms with Gasteiger partial charge in [-0.1, -0.05) is 0 Å². The molecule has 7 heteroatoms. The normalized spacial score (nSPS) is 24.0. The van der Waals surface area contributed by atoms with E-state index in [9.17, 15) is 9.59 Å². The number of piperidine rings is 1. The van der Waals surface area contributed by atoms with Gasteiger partial charge < -0.3 is 10.0 Å². The summed E-state index contributed by atoms with van der Waals surface area (Å²) in [6.45, 7) is 1.27. The van der Waals surface area contributed by atoms with Crippen LogP contribution in [0.1, 0.15) is 29.6 Å². The van der Waals surface area contributed by atoms with Gasteiger partial charge >= 0.3 is 5.97 Å². The average molecular weight is 317 g/mol. The van der Waals surface area contributed by atoms with Crippen molar-refractivity contribution in [3.63, 3.8) is 0 Å². The molecule has 1 atom stereocenters. The van der Waals surface area contributed by atoms with Gasteiger partial charge in [0.1, 0.15) is 11.4 Å². The molecule has 1 unspecified atom stereocenters. The van der Waals surface area contributed by atoms with Crippen LogP contribution in [0.3, 0.4) is 0 Å². The van der Waals surface area contributed by atoms with Crippen LogP contribution < -0.4 is 0 Å². The number of benzene rings is 1. The molecule has 1 N–H and O–H groups in total. The highest BCUT2D eigenvalue weighted by atomic mass is 32.1. The highest BCUT2D eigenvalue weighted by Crippen LogP contribution is 2.59. The summed E-state index contributed by atoms with van der Waals surface area (Å²) in [6.07, 6.45) is 2.34. The first-order valence-corrected chi connectivity index (χ1v) is 8.06. The molecule has 1 aromatic rings. The Balaban J connectivity index is 1.45. The smallest absolute Gasteiger partial charge is 0.307 e. The maximum Gasteiger partial charge on any atom is 0.307 e. The minimum absolute atomic E-state index is 0.00252. The SMILES string of the molecule is O=C(O)C1CC12CCN(C(=O)c1ccc3c(c1)N=S=N3)CC2. The van der Waals surface area contributed by atoms with Gasteiger partial charge in [0.2, 0.25) is 0 Å². The first-order chi connectivity index (χ1) is 10.6. The summed E-state index contributed by atoms with van der Waals surface area (Å²) in [5.74, 6) is -0.902. The first-order valence-electron chi connectivity index (χ1n) is 7.33. The number of likely N-dealkylation sites (tertiary alicyclic amines) is 1. The molecule has 0 aromatic heterocycles. The van der Waals surface area contributed by atoms with E-state index in [2.05, 4.69) is 8.73 Å². The zero-order valence-corrected chi connectivity index (χ0v) is 12.7. The Labute approximate surface area is 131 Å². The highest BCUT2D eigenvalue weighted by Gasteiger charge is 2.59. The largest absolute Gasteiger partial charge is 0.481 e. The number of carbonyl (C=O) groups excluding carboxylic acids is 1. The van der Waals surface area contributed by atoms with Gasteiger partial charge in [-0.25, -0.2) is 0 Å². The van der Waals surface area contributed by atoms with Crippen LogP contribution >= 0.6 is 0 Å². The molecule has 3 aliphatic rings. The highest BCUT2D eigenvalue weighted by molar-refractivity contribution is 7.58. The van der Waals surface area contributed by atoms with Gasteiger partial charge in [0, 0.05) is 18.7 Å². The maximum atomic E-state index is 12.6. The van der Waals surface area contributed by atoms with Gasteiger partial charge in [0.25, 0.3) is 5.91 Å². The number of nitrogens with zero attached hydrogens (tertiary/aromatic N) is 3. The van der Waals surface area contributed by atoms with Crippen LogP contribution in [0, 0.1) is 11.3 Å². The van der Waals surface area contributed by atoms with Crippen molar-refractivity contribution in [2.24, 2.45) is 20.1 Å². The number of aliphatic carboxylic acids is 1. The molecule has 2 heterocycles. The topological polar surface area (TPSA) is 82.3 Å². The molecular weight excluding hydrogens is 302 g/mol. The monoisotopic (exact) mass is 317 g/mol. The molecule has 1 saturated heterocycles. The van der Waals surface area contributed by atoms with Crippen LogP contribution in [-0.4, -0.2) is 35.0 Å². The standard InChI is InChI=1S/C15H15N3O3S/c19-13(9-1-2-11-12(7-9)17-22-16-11)18-5-3-15(4-6-18)8-10(15)14(20)21/h1-2,7,10H,3-6,8H2,(H,20,21). The summed E-state index contributed by atoms with van der Waals surface area (Å²) >= 11 is 1.14. The predicted molar refractivity (Wildman–Crippen MR) is 81.3 cm³/mol.